The van der Waals surface area contributed by atoms with Gasteiger partial charge in [0.25, 0.3) is 0 Å². The smallest absolute Gasteiger partial charge is 0.123 e. The Morgan fingerprint density at radius 2 is 1.86 bits per heavy atom. The van der Waals surface area contributed by atoms with Crippen molar-refractivity contribution in [1.29, 1.82) is 0 Å². The highest BCUT2D eigenvalue weighted by atomic mass is 16.5. The summed E-state index contributed by atoms with van der Waals surface area (Å²) in [6, 6.07) is 19.0. The summed E-state index contributed by atoms with van der Waals surface area (Å²) in [6.45, 7) is 1.79. The van der Waals surface area contributed by atoms with Crippen LogP contribution < -0.4 is 4.74 Å². The standard InChI is InChI=1S/C25H31NO2/c1-28-23-15-6-5-13-21(23)24-22-14-7-8-16-25(22,27)17-19-26(24)18-9-12-20-10-3-2-4-11-20/h2-6,9-13,15,22,24,27H,7-8,14,16-19H2,1H3/b12-9+/t22-,24+,25-/m1/s1. The lowest BCUT2D eigenvalue weighted by atomic mass is 9.66. The molecular formula is C25H31NO2. The Hall–Kier alpha value is -2.10. The molecule has 1 saturated carbocycles. The molecule has 0 spiro atoms. The quantitative estimate of drug-likeness (QED) is 0.789. The van der Waals surface area contributed by atoms with Crippen LogP contribution in [0.2, 0.25) is 0 Å². The number of methoxy groups -OCH3 is 1. The molecular weight excluding hydrogens is 346 g/mol. The Kier molecular flexibility index (Phi) is 5.84. The molecule has 2 aromatic rings. The van der Waals surface area contributed by atoms with Gasteiger partial charge in [-0.15, -0.1) is 0 Å². The van der Waals surface area contributed by atoms with Gasteiger partial charge in [-0.2, -0.15) is 0 Å². The molecule has 1 saturated heterocycles. The lowest BCUT2D eigenvalue weighted by Gasteiger charge is -2.52. The highest BCUT2D eigenvalue weighted by molar-refractivity contribution is 5.49. The maximum absolute atomic E-state index is 11.4. The van der Waals surface area contributed by atoms with Gasteiger partial charge in [0.05, 0.1) is 12.7 Å². The molecule has 1 aliphatic carbocycles. The molecule has 2 aliphatic rings. The molecule has 0 bridgehead atoms. The monoisotopic (exact) mass is 377 g/mol. The van der Waals surface area contributed by atoms with Gasteiger partial charge in [-0.1, -0.05) is 73.5 Å². The minimum Gasteiger partial charge on any atom is -0.496 e. The highest BCUT2D eigenvalue weighted by Gasteiger charge is 2.49. The predicted octanol–water partition coefficient (Wildman–Crippen LogP) is 5.08. The van der Waals surface area contributed by atoms with Crippen molar-refractivity contribution in [3.63, 3.8) is 0 Å². The molecule has 28 heavy (non-hydrogen) atoms. The van der Waals surface area contributed by atoms with Crippen molar-refractivity contribution < 1.29 is 9.84 Å². The van der Waals surface area contributed by atoms with Crippen molar-refractivity contribution in [2.75, 3.05) is 20.2 Å². The zero-order valence-electron chi connectivity index (χ0n) is 16.8. The van der Waals surface area contributed by atoms with Gasteiger partial charge in [-0.25, -0.2) is 0 Å². The van der Waals surface area contributed by atoms with Gasteiger partial charge in [-0.3, -0.25) is 4.90 Å². The number of nitrogens with zero attached hydrogens (tertiary/aromatic N) is 1. The summed E-state index contributed by atoms with van der Waals surface area (Å²) in [5.74, 6) is 1.19. The number of hydrogen-bond acceptors (Lipinski definition) is 3. The fourth-order valence-electron chi connectivity index (χ4n) is 5.16. The van der Waals surface area contributed by atoms with Crippen LogP contribution in [0.4, 0.5) is 0 Å². The van der Waals surface area contributed by atoms with E-state index in [-0.39, 0.29) is 12.0 Å². The van der Waals surface area contributed by atoms with E-state index in [0.29, 0.717) is 0 Å². The number of aliphatic hydroxyl groups is 1. The molecule has 4 rings (SSSR count). The topological polar surface area (TPSA) is 32.7 Å². The van der Waals surface area contributed by atoms with Crippen LogP contribution in [0.5, 0.6) is 5.75 Å². The van der Waals surface area contributed by atoms with Crippen molar-refractivity contribution in [1.82, 2.24) is 4.90 Å². The summed E-state index contributed by atoms with van der Waals surface area (Å²) in [4.78, 5) is 2.53. The van der Waals surface area contributed by atoms with Crippen molar-refractivity contribution in [3.8, 4) is 5.75 Å². The third-order valence-corrected chi connectivity index (χ3v) is 6.58. The van der Waals surface area contributed by atoms with Crippen molar-refractivity contribution in [2.45, 2.75) is 43.7 Å². The zero-order valence-corrected chi connectivity index (χ0v) is 16.8. The van der Waals surface area contributed by atoms with Gasteiger partial charge in [0.15, 0.2) is 0 Å². The van der Waals surface area contributed by atoms with E-state index in [4.69, 9.17) is 4.74 Å². The second-order valence-electron chi connectivity index (χ2n) is 8.20. The summed E-state index contributed by atoms with van der Waals surface area (Å²) in [5.41, 5.74) is 1.90. The second kappa shape index (κ2) is 8.50. The van der Waals surface area contributed by atoms with Crippen LogP contribution in [0.1, 0.15) is 49.3 Å². The van der Waals surface area contributed by atoms with Gasteiger partial charge in [0.1, 0.15) is 5.75 Å². The van der Waals surface area contributed by atoms with E-state index >= 15 is 0 Å². The lowest BCUT2D eigenvalue weighted by molar-refractivity contribution is -0.122. The fraction of sp³-hybridized carbons (Fsp3) is 0.440. The Morgan fingerprint density at radius 3 is 2.68 bits per heavy atom. The average molecular weight is 378 g/mol. The summed E-state index contributed by atoms with van der Waals surface area (Å²) in [5, 5.41) is 11.4. The summed E-state index contributed by atoms with van der Waals surface area (Å²) in [7, 11) is 1.74. The number of ether oxygens (including phenoxy) is 1. The maximum atomic E-state index is 11.4. The number of rotatable bonds is 5. The van der Waals surface area contributed by atoms with E-state index in [9.17, 15) is 5.11 Å². The maximum Gasteiger partial charge on any atom is 0.123 e. The van der Waals surface area contributed by atoms with Gasteiger partial charge in [-0.05, 0) is 30.9 Å². The third kappa shape index (κ3) is 3.87. The first-order valence-corrected chi connectivity index (χ1v) is 10.5. The number of benzene rings is 2. The molecule has 3 nitrogen and oxygen atoms in total. The van der Waals surface area contributed by atoms with Crippen molar-refractivity contribution in [3.05, 3.63) is 71.8 Å². The van der Waals surface area contributed by atoms with Crippen LogP contribution in [0, 0.1) is 5.92 Å². The average Bonchev–Trinajstić information content (AvgIpc) is 2.74. The van der Waals surface area contributed by atoms with Crippen LogP contribution in [-0.4, -0.2) is 35.8 Å². The van der Waals surface area contributed by atoms with E-state index < -0.39 is 5.60 Å². The fourth-order valence-corrected chi connectivity index (χ4v) is 5.16. The largest absolute Gasteiger partial charge is 0.496 e. The summed E-state index contributed by atoms with van der Waals surface area (Å²) < 4.78 is 5.71. The van der Waals surface area contributed by atoms with Crippen LogP contribution in [0.25, 0.3) is 6.08 Å². The van der Waals surface area contributed by atoms with Crippen LogP contribution >= 0.6 is 0 Å². The van der Waals surface area contributed by atoms with Crippen LogP contribution in [0.15, 0.2) is 60.7 Å². The molecule has 1 heterocycles. The van der Waals surface area contributed by atoms with E-state index in [1.807, 2.05) is 18.2 Å². The molecule has 0 aromatic heterocycles. The Bertz CT molecular complexity index is 803. The first-order valence-electron chi connectivity index (χ1n) is 10.5. The number of likely N-dealkylation sites (tertiary alicyclic amines) is 1. The Labute approximate surface area is 168 Å². The summed E-state index contributed by atoms with van der Waals surface area (Å²) >= 11 is 0. The second-order valence-corrected chi connectivity index (χ2v) is 8.20. The molecule has 0 radical (unpaired) electrons. The molecule has 3 atom stereocenters. The van der Waals surface area contributed by atoms with E-state index in [1.54, 1.807) is 7.11 Å². The van der Waals surface area contributed by atoms with Gasteiger partial charge in [0, 0.05) is 30.6 Å². The Morgan fingerprint density at radius 1 is 1.07 bits per heavy atom. The van der Waals surface area contributed by atoms with Crippen LogP contribution in [0.3, 0.4) is 0 Å². The molecule has 2 aromatic carbocycles. The predicted molar refractivity (Wildman–Crippen MR) is 114 cm³/mol. The Balaban J connectivity index is 1.63. The normalized spacial score (nSPS) is 28.2. The van der Waals surface area contributed by atoms with E-state index in [2.05, 4.69) is 53.5 Å². The number of fused-ring (bicyclic) bond motifs is 1. The van der Waals surface area contributed by atoms with Gasteiger partial charge >= 0.3 is 0 Å². The minimum absolute atomic E-state index is 0.190. The molecule has 0 unspecified atom stereocenters. The van der Waals surface area contributed by atoms with Gasteiger partial charge in [0.2, 0.25) is 0 Å². The molecule has 148 valence electrons. The number of hydrogen-bond donors (Lipinski definition) is 1. The number of piperidine rings is 1. The van der Waals surface area contributed by atoms with Crippen LogP contribution in [-0.2, 0) is 0 Å². The van der Waals surface area contributed by atoms with Crippen molar-refractivity contribution >= 4 is 6.08 Å². The molecule has 0 amide bonds. The first-order chi connectivity index (χ1) is 13.7. The number of para-hydroxylation sites is 1. The van der Waals surface area contributed by atoms with Crippen molar-refractivity contribution in [2.24, 2.45) is 5.92 Å². The molecule has 2 fully saturated rings. The minimum atomic E-state index is -0.538. The van der Waals surface area contributed by atoms with E-state index in [1.165, 1.54) is 17.5 Å². The SMILES string of the molecule is COc1ccccc1[C@H]1[C@H]2CCCC[C@@]2(O)CCN1C/C=C/c1ccccc1. The highest BCUT2D eigenvalue weighted by Crippen LogP contribution is 2.50. The first kappa shape index (κ1) is 19.2. The third-order valence-electron chi connectivity index (χ3n) is 6.58. The lowest BCUT2D eigenvalue weighted by Crippen LogP contribution is -2.54. The van der Waals surface area contributed by atoms with E-state index in [0.717, 1.165) is 44.5 Å². The summed E-state index contributed by atoms with van der Waals surface area (Å²) in [6.07, 6.45) is 9.66. The van der Waals surface area contributed by atoms with Gasteiger partial charge < -0.3 is 9.84 Å². The molecule has 1 aliphatic heterocycles. The molecule has 1 N–H and O–H groups in total. The zero-order chi connectivity index (χ0) is 19.4. The molecule has 3 heteroatoms.